The largest absolute Gasteiger partial charge is 0.392 e. The summed E-state index contributed by atoms with van der Waals surface area (Å²) in [5.74, 6) is 0.260. The van der Waals surface area contributed by atoms with E-state index in [1.165, 1.54) is 0 Å². The monoisotopic (exact) mass is 286 g/mol. The molecule has 0 saturated heterocycles. The van der Waals surface area contributed by atoms with Crippen LogP contribution in [0, 0.1) is 22.7 Å². The standard InChI is InChI=1S/C18H26N2O/c1-14(2)17(21)18(3,4)13-20-11-5-6-15-7-9-16(12-19)10-8-15/h5-10,14,17,20-21H,11,13H2,1-4H3/b6-5+. The second kappa shape index (κ2) is 7.97. The molecule has 0 radical (unpaired) electrons. The van der Waals surface area contributed by atoms with Gasteiger partial charge in [-0.2, -0.15) is 5.26 Å². The highest BCUT2D eigenvalue weighted by molar-refractivity contribution is 5.51. The first-order chi connectivity index (χ1) is 9.86. The molecule has 0 fully saturated rings. The predicted octanol–water partition coefficient (Wildman–Crippen LogP) is 3.20. The van der Waals surface area contributed by atoms with Gasteiger partial charge in [-0.3, -0.25) is 0 Å². The van der Waals surface area contributed by atoms with Gasteiger partial charge in [0.15, 0.2) is 0 Å². The van der Waals surface area contributed by atoms with Gasteiger partial charge in [0.2, 0.25) is 0 Å². The summed E-state index contributed by atoms with van der Waals surface area (Å²) >= 11 is 0. The molecule has 0 aliphatic heterocycles. The first-order valence-corrected chi connectivity index (χ1v) is 7.42. The van der Waals surface area contributed by atoms with Crippen LogP contribution in [-0.4, -0.2) is 24.3 Å². The zero-order valence-corrected chi connectivity index (χ0v) is 13.4. The highest BCUT2D eigenvalue weighted by Crippen LogP contribution is 2.24. The number of nitrogens with one attached hydrogen (secondary N) is 1. The van der Waals surface area contributed by atoms with E-state index in [0.717, 1.165) is 18.7 Å². The molecule has 0 aromatic heterocycles. The van der Waals surface area contributed by atoms with E-state index in [4.69, 9.17) is 5.26 Å². The number of aliphatic hydroxyl groups excluding tert-OH is 1. The SMILES string of the molecule is CC(C)C(O)C(C)(C)CNC/C=C/c1ccc(C#N)cc1. The van der Waals surface area contributed by atoms with Gasteiger partial charge >= 0.3 is 0 Å². The number of benzene rings is 1. The van der Waals surface area contributed by atoms with Crippen molar-refractivity contribution in [3.05, 3.63) is 41.5 Å². The third-order valence-corrected chi connectivity index (χ3v) is 3.63. The van der Waals surface area contributed by atoms with Crippen molar-refractivity contribution in [1.29, 1.82) is 5.26 Å². The molecule has 0 saturated carbocycles. The molecule has 1 aromatic rings. The van der Waals surface area contributed by atoms with Gasteiger partial charge in [-0.1, -0.05) is 52.0 Å². The molecular weight excluding hydrogens is 260 g/mol. The molecule has 114 valence electrons. The van der Waals surface area contributed by atoms with Crippen LogP contribution in [0.3, 0.4) is 0 Å². The lowest BCUT2D eigenvalue weighted by Gasteiger charge is -2.33. The maximum Gasteiger partial charge on any atom is 0.0991 e. The van der Waals surface area contributed by atoms with Crippen LogP contribution < -0.4 is 5.32 Å². The van der Waals surface area contributed by atoms with Crippen LogP contribution in [0.2, 0.25) is 0 Å². The number of rotatable bonds is 7. The van der Waals surface area contributed by atoms with Crippen molar-refractivity contribution in [3.8, 4) is 6.07 Å². The summed E-state index contributed by atoms with van der Waals surface area (Å²) < 4.78 is 0. The van der Waals surface area contributed by atoms with Gasteiger partial charge in [0, 0.05) is 18.5 Å². The summed E-state index contributed by atoms with van der Waals surface area (Å²) in [4.78, 5) is 0. The van der Waals surface area contributed by atoms with Crippen LogP contribution in [0.15, 0.2) is 30.3 Å². The second-order valence-corrected chi connectivity index (χ2v) is 6.44. The molecule has 1 rings (SSSR count). The third-order valence-electron chi connectivity index (χ3n) is 3.63. The van der Waals surface area contributed by atoms with Gasteiger partial charge in [0.05, 0.1) is 17.7 Å². The summed E-state index contributed by atoms with van der Waals surface area (Å²) in [6.45, 7) is 9.76. The Labute approximate surface area is 128 Å². The van der Waals surface area contributed by atoms with Crippen molar-refractivity contribution in [3.63, 3.8) is 0 Å². The average molecular weight is 286 g/mol. The minimum absolute atomic E-state index is 0.142. The summed E-state index contributed by atoms with van der Waals surface area (Å²) in [6, 6.07) is 9.60. The Morgan fingerprint density at radius 3 is 2.43 bits per heavy atom. The predicted molar refractivity (Wildman–Crippen MR) is 87.7 cm³/mol. The number of hydrogen-bond acceptors (Lipinski definition) is 3. The van der Waals surface area contributed by atoms with Crippen molar-refractivity contribution >= 4 is 6.08 Å². The van der Waals surface area contributed by atoms with Gasteiger partial charge in [-0.15, -0.1) is 0 Å². The fourth-order valence-corrected chi connectivity index (χ4v) is 2.35. The molecule has 1 aromatic carbocycles. The minimum Gasteiger partial charge on any atom is -0.392 e. The van der Waals surface area contributed by atoms with Crippen molar-refractivity contribution in [1.82, 2.24) is 5.32 Å². The normalized spacial score (nSPS) is 13.6. The molecule has 21 heavy (non-hydrogen) atoms. The highest BCUT2D eigenvalue weighted by atomic mass is 16.3. The summed E-state index contributed by atoms with van der Waals surface area (Å²) in [5.41, 5.74) is 1.61. The van der Waals surface area contributed by atoms with E-state index in [0.29, 0.717) is 5.56 Å². The topological polar surface area (TPSA) is 56.0 Å². The van der Waals surface area contributed by atoms with Gasteiger partial charge in [-0.05, 0) is 23.6 Å². The lowest BCUT2D eigenvalue weighted by molar-refractivity contribution is 0.0142. The average Bonchev–Trinajstić information content (AvgIpc) is 2.46. The smallest absolute Gasteiger partial charge is 0.0991 e. The van der Waals surface area contributed by atoms with E-state index in [-0.39, 0.29) is 17.4 Å². The van der Waals surface area contributed by atoms with E-state index in [9.17, 15) is 5.11 Å². The molecule has 0 amide bonds. The molecule has 3 nitrogen and oxygen atoms in total. The lowest BCUT2D eigenvalue weighted by atomic mass is 9.81. The summed E-state index contributed by atoms with van der Waals surface area (Å²) in [6.07, 6.45) is 3.77. The molecule has 1 unspecified atom stereocenters. The summed E-state index contributed by atoms with van der Waals surface area (Å²) in [7, 11) is 0. The third kappa shape index (κ3) is 5.71. The molecule has 0 aliphatic carbocycles. The molecule has 0 aliphatic rings. The lowest BCUT2D eigenvalue weighted by Crippen LogP contribution is -2.41. The second-order valence-electron chi connectivity index (χ2n) is 6.44. The Kier molecular flexibility index (Phi) is 6.61. The van der Waals surface area contributed by atoms with E-state index >= 15 is 0 Å². The maximum absolute atomic E-state index is 10.2. The Bertz CT molecular complexity index is 495. The van der Waals surface area contributed by atoms with Crippen LogP contribution in [0.5, 0.6) is 0 Å². The molecule has 2 N–H and O–H groups in total. The van der Waals surface area contributed by atoms with Crippen molar-refractivity contribution in [2.45, 2.75) is 33.8 Å². The van der Waals surface area contributed by atoms with E-state index in [2.05, 4.69) is 31.3 Å². The van der Waals surface area contributed by atoms with Crippen molar-refractivity contribution < 1.29 is 5.11 Å². The molecule has 1 atom stereocenters. The van der Waals surface area contributed by atoms with Gasteiger partial charge in [0.25, 0.3) is 0 Å². The van der Waals surface area contributed by atoms with Crippen LogP contribution in [0.4, 0.5) is 0 Å². The molecule has 0 bridgehead atoms. The number of aliphatic hydroxyl groups is 1. The quantitative estimate of drug-likeness (QED) is 0.757. The van der Waals surface area contributed by atoms with E-state index in [1.54, 1.807) is 0 Å². The fraction of sp³-hybridized carbons (Fsp3) is 0.500. The van der Waals surface area contributed by atoms with Crippen LogP contribution >= 0.6 is 0 Å². The van der Waals surface area contributed by atoms with Crippen molar-refractivity contribution in [2.75, 3.05) is 13.1 Å². The van der Waals surface area contributed by atoms with Gasteiger partial charge in [-0.25, -0.2) is 0 Å². The Balaban J connectivity index is 2.39. The number of nitriles is 1. The molecule has 0 heterocycles. The Morgan fingerprint density at radius 2 is 1.90 bits per heavy atom. The van der Waals surface area contributed by atoms with Gasteiger partial charge in [0.1, 0.15) is 0 Å². The number of hydrogen-bond donors (Lipinski definition) is 2. The Hall–Kier alpha value is -1.63. The molecule has 3 heteroatoms. The first kappa shape index (κ1) is 17.4. The zero-order valence-electron chi connectivity index (χ0n) is 13.4. The van der Waals surface area contributed by atoms with E-state index < -0.39 is 0 Å². The van der Waals surface area contributed by atoms with Crippen LogP contribution in [0.1, 0.15) is 38.8 Å². The minimum atomic E-state index is -0.312. The maximum atomic E-state index is 10.2. The number of nitrogens with zero attached hydrogens (tertiary/aromatic N) is 1. The first-order valence-electron chi connectivity index (χ1n) is 7.42. The van der Waals surface area contributed by atoms with Gasteiger partial charge < -0.3 is 10.4 Å². The van der Waals surface area contributed by atoms with Crippen LogP contribution in [-0.2, 0) is 0 Å². The molecular formula is C18H26N2O. The highest BCUT2D eigenvalue weighted by Gasteiger charge is 2.29. The van der Waals surface area contributed by atoms with Crippen LogP contribution in [0.25, 0.3) is 6.08 Å². The molecule has 0 spiro atoms. The zero-order chi connectivity index (χ0) is 15.9. The summed E-state index contributed by atoms with van der Waals surface area (Å²) in [5, 5.41) is 22.2. The fourth-order valence-electron chi connectivity index (χ4n) is 2.35. The Morgan fingerprint density at radius 1 is 1.29 bits per heavy atom. The van der Waals surface area contributed by atoms with E-state index in [1.807, 2.05) is 44.2 Å². The van der Waals surface area contributed by atoms with Crippen molar-refractivity contribution in [2.24, 2.45) is 11.3 Å².